The Labute approximate surface area is 190 Å². The predicted octanol–water partition coefficient (Wildman–Crippen LogP) is 0.312. The maximum absolute atomic E-state index is 10.3. The van der Waals surface area contributed by atoms with Crippen molar-refractivity contribution in [1.29, 1.82) is 0 Å². The number of imidazole rings is 1. The Balaban J connectivity index is 1.53. The molecule has 1 saturated heterocycles. The van der Waals surface area contributed by atoms with Crippen LogP contribution in [0.3, 0.4) is 0 Å². The number of fused-ring (bicyclic) bond motifs is 1. The van der Waals surface area contributed by atoms with Crippen LogP contribution in [-0.4, -0.2) is 79.1 Å². The first-order valence-electron chi connectivity index (χ1n) is 10.7. The van der Waals surface area contributed by atoms with E-state index < -0.39 is 31.1 Å². The van der Waals surface area contributed by atoms with Crippen molar-refractivity contribution in [1.82, 2.24) is 19.5 Å². The van der Waals surface area contributed by atoms with Gasteiger partial charge in [-0.25, -0.2) is 10.4 Å². The van der Waals surface area contributed by atoms with E-state index in [1.807, 2.05) is 24.3 Å². The third-order valence-corrected chi connectivity index (χ3v) is 5.64. The lowest BCUT2D eigenvalue weighted by molar-refractivity contribution is -0.0511. The van der Waals surface area contributed by atoms with E-state index in [4.69, 9.17) is 10.5 Å². The van der Waals surface area contributed by atoms with Gasteiger partial charge in [-0.2, -0.15) is 15.1 Å². The van der Waals surface area contributed by atoms with Crippen LogP contribution in [0.15, 0.2) is 35.7 Å². The number of nitrogen functional groups attached to an aromatic ring is 1. The number of hydrogen-bond acceptors (Lipinski definition) is 11. The highest BCUT2D eigenvalue weighted by molar-refractivity contribution is 5.83. The molecule has 0 aliphatic carbocycles. The standard InChI is InChI=1S/C21H28N8O4/c1-3-28(4-2)13-7-5-12(6-8-13)9-24-27-21-25-18(22)15-19(26-21)29(11-23-15)20-17(32)16(31)14(10-30)33-20/h5-9,11,14,16-17,20,30-32H,3-4,10H2,1-2H3,(H3,22,25,26,27)/b24-9+/t14-,16?,17?,20-/m1/s1. The normalized spacial score (nSPS) is 22.9. The summed E-state index contributed by atoms with van der Waals surface area (Å²) in [4.78, 5) is 15.0. The van der Waals surface area contributed by atoms with Crippen LogP contribution in [0.2, 0.25) is 0 Å². The van der Waals surface area contributed by atoms with E-state index in [-0.39, 0.29) is 11.8 Å². The van der Waals surface area contributed by atoms with Crippen molar-refractivity contribution in [3.63, 3.8) is 0 Å². The number of nitrogens with zero attached hydrogens (tertiary/aromatic N) is 6. The fraction of sp³-hybridized carbons (Fsp3) is 0.429. The van der Waals surface area contributed by atoms with Crippen molar-refractivity contribution < 1.29 is 20.1 Å². The first-order chi connectivity index (χ1) is 16.0. The van der Waals surface area contributed by atoms with Gasteiger partial charge in [0.1, 0.15) is 23.8 Å². The first-order valence-corrected chi connectivity index (χ1v) is 10.7. The summed E-state index contributed by atoms with van der Waals surface area (Å²) < 4.78 is 7.01. The third kappa shape index (κ3) is 4.46. The average Bonchev–Trinajstić information content (AvgIpc) is 3.37. The first kappa shape index (κ1) is 22.9. The van der Waals surface area contributed by atoms with Crippen molar-refractivity contribution >= 4 is 34.8 Å². The number of nitrogens with one attached hydrogen (secondary N) is 1. The van der Waals surface area contributed by atoms with Crippen LogP contribution in [0.25, 0.3) is 11.2 Å². The molecule has 12 nitrogen and oxygen atoms in total. The monoisotopic (exact) mass is 456 g/mol. The number of anilines is 3. The molecule has 4 atom stereocenters. The second kappa shape index (κ2) is 9.67. The molecule has 2 aromatic heterocycles. The highest BCUT2D eigenvalue weighted by Crippen LogP contribution is 2.32. The molecule has 6 N–H and O–H groups in total. The number of aliphatic hydroxyl groups excluding tert-OH is 3. The van der Waals surface area contributed by atoms with Gasteiger partial charge >= 0.3 is 0 Å². The molecule has 2 unspecified atom stereocenters. The van der Waals surface area contributed by atoms with Gasteiger partial charge in [-0.1, -0.05) is 12.1 Å². The SMILES string of the molecule is CCN(CC)c1ccc(/C=N/Nc2nc(N)c3ncn([C@@H]4O[C@H](CO)C(O)C4O)c3n2)cc1. The molecule has 0 amide bonds. The summed E-state index contributed by atoms with van der Waals surface area (Å²) in [6.07, 6.45) is -1.40. The summed E-state index contributed by atoms with van der Waals surface area (Å²) in [6, 6.07) is 8.00. The molecular weight excluding hydrogens is 428 g/mol. The number of nitrogens with two attached hydrogens (primary N) is 1. The number of hydrazone groups is 1. The van der Waals surface area contributed by atoms with Gasteiger partial charge in [0.25, 0.3) is 0 Å². The highest BCUT2D eigenvalue weighted by atomic mass is 16.6. The smallest absolute Gasteiger partial charge is 0.247 e. The van der Waals surface area contributed by atoms with Gasteiger partial charge in [-0.05, 0) is 31.5 Å². The molecule has 4 rings (SSSR count). The number of ether oxygens (including phenoxy) is 1. The zero-order valence-corrected chi connectivity index (χ0v) is 18.4. The molecule has 1 aromatic carbocycles. The topological polar surface area (TPSA) is 167 Å². The Bertz CT molecular complexity index is 1120. The van der Waals surface area contributed by atoms with Crippen LogP contribution in [0.1, 0.15) is 25.6 Å². The summed E-state index contributed by atoms with van der Waals surface area (Å²) in [6.45, 7) is 5.67. The summed E-state index contributed by atoms with van der Waals surface area (Å²) in [7, 11) is 0. The minimum Gasteiger partial charge on any atom is -0.394 e. The van der Waals surface area contributed by atoms with Crippen molar-refractivity contribution in [2.45, 2.75) is 38.4 Å². The molecule has 0 radical (unpaired) electrons. The van der Waals surface area contributed by atoms with E-state index in [1.165, 1.54) is 10.9 Å². The fourth-order valence-corrected chi connectivity index (χ4v) is 3.81. The van der Waals surface area contributed by atoms with Gasteiger partial charge in [0, 0.05) is 18.8 Å². The van der Waals surface area contributed by atoms with E-state index in [0.717, 1.165) is 24.3 Å². The van der Waals surface area contributed by atoms with Crippen LogP contribution in [0.5, 0.6) is 0 Å². The minimum atomic E-state index is -1.27. The second-order valence-electron chi connectivity index (χ2n) is 7.62. The van der Waals surface area contributed by atoms with E-state index >= 15 is 0 Å². The Morgan fingerprint density at radius 2 is 1.91 bits per heavy atom. The lowest BCUT2D eigenvalue weighted by Gasteiger charge is -2.20. The Kier molecular flexibility index (Phi) is 6.70. The number of aliphatic hydroxyl groups is 3. The van der Waals surface area contributed by atoms with Gasteiger partial charge in [0.15, 0.2) is 17.7 Å². The van der Waals surface area contributed by atoms with Gasteiger partial charge in [-0.3, -0.25) is 4.57 Å². The molecule has 12 heteroatoms. The van der Waals surface area contributed by atoms with Crippen molar-refractivity contribution in [3.05, 3.63) is 36.2 Å². The van der Waals surface area contributed by atoms with E-state index in [0.29, 0.717) is 11.2 Å². The van der Waals surface area contributed by atoms with Crippen LogP contribution in [0.4, 0.5) is 17.5 Å². The number of benzene rings is 1. The summed E-state index contributed by atoms with van der Waals surface area (Å²) >= 11 is 0. The summed E-state index contributed by atoms with van der Waals surface area (Å²) in [5.41, 5.74) is 11.4. The highest BCUT2D eigenvalue weighted by Gasteiger charge is 2.44. The fourth-order valence-electron chi connectivity index (χ4n) is 3.81. The zero-order chi connectivity index (χ0) is 23.5. The lowest BCUT2D eigenvalue weighted by Crippen LogP contribution is -2.33. The number of rotatable bonds is 8. The summed E-state index contributed by atoms with van der Waals surface area (Å²) in [5, 5.41) is 33.9. The average molecular weight is 457 g/mol. The summed E-state index contributed by atoms with van der Waals surface area (Å²) in [5.74, 6) is 0.247. The molecule has 0 saturated carbocycles. The second-order valence-corrected chi connectivity index (χ2v) is 7.62. The van der Waals surface area contributed by atoms with Gasteiger partial charge < -0.3 is 30.7 Å². The number of aromatic nitrogens is 4. The molecule has 3 aromatic rings. The maximum Gasteiger partial charge on any atom is 0.247 e. The van der Waals surface area contributed by atoms with Crippen molar-refractivity contribution in [2.75, 3.05) is 35.8 Å². The van der Waals surface area contributed by atoms with E-state index in [1.54, 1.807) is 6.21 Å². The van der Waals surface area contributed by atoms with Crippen LogP contribution in [0, 0.1) is 0 Å². The predicted molar refractivity (Wildman–Crippen MR) is 124 cm³/mol. The third-order valence-electron chi connectivity index (χ3n) is 5.64. The Hall–Kier alpha value is -3.32. The largest absolute Gasteiger partial charge is 0.394 e. The molecule has 1 aliphatic rings. The van der Waals surface area contributed by atoms with Gasteiger partial charge in [0.2, 0.25) is 5.95 Å². The lowest BCUT2D eigenvalue weighted by atomic mass is 10.1. The molecule has 0 spiro atoms. The van der Waals surface area contributed by atoms with Crippen LogP contribution in [-0.2, 0) is 4.74 Å². The molecule has 0 bridgehead atoms. The quantitative estimate of drug-likeness (QED) is 0.235. The molecule has 176 valence electrons. The van der Waals surface area contributed by atoms with Crippen LogP contribution < -0.4 is 16.1 Å². The van der Waals surface area contributed by atoms with E-state index in [9.17, 15) is 15.3 Å². The van der Waals surface area contributed by atoms with E-state index in [2.05, 4.69) is 44.2 Å². The maximum atomic E-state index is 10.3. The molecule has 3 heterocycles. The number of hydrogen-bond donors (Lipinski definition) is 5. The van der Waals surface area contributed by atoms with Crippen LogP contribution >= 0.6 is 0 Å². The van der Waals surface area contributed by atoms with Gasteiger partial charge in [0.05, 0.1) is 19.1 Å². The zero-order valence-electron chi connectivity index (χ0n) is 18.4. The van der Waals surface area contributed by atoms with Crippen molar-refractivity contribution in [2.24, 2.45) is 5.10 Å². The molecule has 33 heavy (non-hydrogen) atoms. The molecule has 1 aliphatic heterocycles. The molecular formula is C21H28N8O4. The van der Waals surface area contributed by atoms with Crippen molar-refractivity contribution in [3.8, 4) is 0 Å². The Morgan fingerprint density at radius 3 is 2.55 bits per heavy atom. The van der Waals surface area contributed by atoms with Gasteiger partial charge in [-0.15, -0.1) is 0 Å². The minimum absolute atomic E-state index is 0.117. The Morgan fingerprint density at radius 1 is 1.18 bits per heavy atom. The molecule has 1 fully saturated rings.